The molecule has 0 aliphatic rings. The summed E-state index contributed by atoms with van der Waals surface area (Å²) in [4.78, 5) is 25.3. The summed E-state index contributed by atoms with van der Waals surface area (Å²) in [7, 11) is 0. The van der Waals surface area contributed by atoms with E-state index >= 15 is 0 Å². The van der Waals surface area contributed by atoms with Gasteiger partial charge in [-0.1, -0.05) is 0 Å². The van der Waals surface area contributed by atoms with Crippen LogP contribution in [0.3, 0.4) is 0 Å². The summed E-state index contributed by atoms with van der Waals surface area (Å²) in [5.74, 6) is -1.45. The summed E-state index contributed by atoms with van der Waals surface area (Å²) in [5.41, 5.74) is 1.10. The van der Waals surface area contributed by atoms with E-state index in [1.54, 1.807) is 19.9 Å². The first-order valence-corrected chi connectivity index (χ1v) is 5.32. The third-order valence-electron chi connectivity index (χ3n) is 2.52. The Balaban J connectivity index is 2.66. The predicted molar refractivity (Wildman–Crippen MR) is 64.4 cm³/mol. The van der Waals surface area contributed by atoms with Gasteiger partial charge in [-0.15, -0.1) is 4.68 Å². The maximum Gasteiger partial charge on any atom is 0.390 e. The van der Waals surface area contributed by atoms with E-state index in [0.29, 0.717) is 11.3 Å². The average molecular weight is 262 g/mol. The van der Waals surface area contributed by atoms with Crippen molar-refractivity contribution in [2.75, 3.05) is 0 Å². The number of hydrogen-bond acceptors (Lipinski definition) is 5. The average Bonchev–Trinajstić information content (AvgIpc) is 2.76. The van der Waals surface area contributed by atoms with Gasteiger partial charge in [0.1, 0.15) is 5.56 Å². The summed E-state index contributed by atoms with van der Waals surface area (Å²) >= 11 is 0. The standard InChI is InChI=1S/C11H10N4O4/c1-6-5-7(2)12-10(9(6)11(16)17)14-4-3-8(13-14)15(18)19/h3-5H,1-2H3,(H,16,17). The summed E-state index contributed by atoms with van der Waals surface area (Å²) < 4.78 is 1.10. The van der Waals surface area contributed by atoms with Gasteiger partial charge in [0.2, 0.25) is 0 Å². The van der Waals surface area contributed by atoms with E-state index in [2.05, 4.69) is 10.1 Å². The Morgan fingerprint density at radius 3 is 2.68 bits per heavy atom. The van der Waals surface area contributed by atoms with Crippen LogP contribution in [0.4, 0.5) is 5.82 Å². The first-order chi connectivity index (χ1) is 8.90. The first-order valence-electron chi connectivity index (χ1n) is 5.32. The molecule has 0 aliphatic heterocycles. The monoisotopic (exact) mass is 262 g/mol. The number of nitrogens with zero attached hydrogens (tertiary/aromatic N) is 4. The Morgan fingerprint density at radius 2 is 2.16 bits per heavy atom. The number of carboxylic acids is 1. The second kappa shape index (κ2) is 4.48. The highest BCUT2D eigenvalue weighted by Crippen LogP contribution is 2.19. The van der Waals surface area contributed by atoms with Crippen molar-refractivity contribution in [3.63, 3.8) is 0 Å². The molecule has 0 atom stereocenters. The molecule has 0 spiro atoms. The van der Waals surface area contributed by atoms with Gasteiger partial charge in [-0.25, -0.2) is 9.78 Å². The largest absolute Gasteiger partial charge is 0.478 e. The van der Waals surface area contributed by atoms with E-state index < -0.39 is 10.9 Å². The third kappa shape index (κ3) is 2.28. The van der Waals surface area contributed by atoms with Crippen LogP contribution in [0.5, 0.6) is 0 Å². The van der Waals surface area contributed by atoms with Crippen molar-refractivity contribution in [2.45, 2.75) is 13.8 Å². The lowest BCUT2D eigenvalue weighted by molar-refractivity contribution is -0.389. The number of nitro groups is 1. The van der Waals surface area contributed by atoms with E-state index in [0.717, 1.165) is 4.68 Å². The zero-order valence-electron chi connectivity index (χ0n) is 10.2. The molecular formula is C11H10N4O4. The molecule has 0 bridgehead atoms. The van der Waals surface area contributed by atoms with Gasteiger partial charge >= 0.3 is 11.8 Å². The number of aromatic carboxylic acids is 1. The van der Waals surface area contributed by atoms with Crippen molar-refractivity contribution in [2.24, 2.45) is 0 Å². The van der Waals surface area contributed by atoms with Gasteiger partial charge in [0.05, 0.1) is 17.4 Å². The van der Waals surface area contributed by atoms with Gasteiger partial charge in [-0.2, -0.15) is 0 Å². The number of aromatic nitrogens is 3. The van der Waals surface area contributed by atoms with Gasteiger partial charge < -0.3 is 15.2 Å². The van der Waals surface area contributed by atoms with Crippen LogP contribution in [0.25, 0.3) is 5.82 Å². The Hall–Kier alpha value is -2.77. The molecule has 19 heavy (non-hydrogen) atoms. The Bertz CT molecular complexity index is 677. The topological polar surface area (TPSA) is 111 Å². The smallest absolute Gasteiger partial charge is 0.390 e. The number of carbonyl (C=O) groups is 1. The molecule has 0 radical (unpaired) electrons. The van der Waals surface area contributed by atoms with Gasteiger partial charge in [0, 0.05) is 5.69 Å². The summed E-state index contributed by atoms with van der Waals surface area (Å²) in [6.07, 6.45) is 1.31. The highest BCUT2D eigenvalue weighted by molar-refractivity contribution is 5.92. The molecular weight excluding hydrogens is 252 g/mol. The minimum Gasteiger partial charge on any atom is -0.478 e. The SMILES string of the molecule is Cc1cc(C)c(C(=O)O)c(-n2ccc([N+](=O)[O-])n2)n1. The van der Waals surface area contributed by atoms with Crippen molar-refractivity contribution < 1.29 is 14.8 Å². The second-order valence-electron chi connectivity index (χ2n) is 3.96. The van der Waals surface area contributed by atoms with Crippen LogP contribution in [-0.4, -0.2) is 30.8 Å². The molecule has 0 aromatic carbocycles. The molecule has 0 fully saturated rings. The predicted octanol–water partition coefficient (Wildman–Crippen LogP) is 1.49. The molecule has 2 rings (SSSR count). The fraction of sp³-hybridized carbons (Fsp3) is 0.182. The number of rotatable bonds is 3. The summed E-state index contributed by atoms with van der Waals surface area (Å²) in [6, 6.07) is 2.82. The van der Waals surface area contributed by atoms with Crippen LogP contribution < -0.4 is 0 Å². The van der Waals surface area contributed by atoms with Crippen LogP contribution >= 0.6 is 0 Å². The molecule has 2 heterocycles. The number of hydrogen-bond donors (Lipinski definition) is 1. The van der Waals surface area contributed by atoms with Crippen LogP contribution in [0, 0.1) is 24.0 Å². The van der Waals surface area contributed by atoms with Crippen LogP contribution in [-0.2, 0) is 0 Å². The van der Waals surface area contributed by atoms with Crippen molar-refractivity contribution in [3.8, 4) is 5.82 Å². The maximum atomic E-state index is 11.3. The normalized spacial score (nSPS) is 10.4. The molecule has 0 saturated heterocycles. The van der Waals surface area contributed by atoms with Gasteiger partial charge in [0.25, 0.3) is 0 Å². The van der Waals surface area contributed by atoms with Gasteiger partial charge in [0.15, 0.2) is 5.82 Å². The van der Waals surface area contributed by atoms with E-state index in [1.165, 1.54) is 12.3 Å². The molecule has 0 unspecified atom stereocenters. The maximum absolute atomic E-state index is 11.3. The third-order valence-corrected chi connectivity index (χ3v) is 2.52. The van der Waals surface area contributed by atoms with Crippen LogP contribution in [0.1, 0.15) is 21.6 Å². The highest BCUT2D eigenvalue weighted by atomic mass is 16.6. The lowest BCUT2D eigenvalue weighted by atomic mass is 10.1. The Kier molecular flexibility index (Phi) is 2.99. The zero-order valence-corrected chi connectivity index (χ0v) is 10.2. The Labute approximate surface area is 107 Å². The molecule has 98 valence electrons. The van der Waals surface area contributed by atoms with E-state index in [1.807, 2.05) is 0 Å². The van der Waals surface area contributed by atoms with E-state index in [4.69, 9.17) is 0 Å². The summed E-state index contributed by atoms with van der Waals surface area (Å²) in [5, 5.41) is 23.5. The molecule has 2 aromatic heterocycles. The summed E-state index contributed by atoms with van der Waals surface area (Å²) in [6.45, 7) is 3.35. The lowest BCUT2D eigenvalue weighted by Crippen LogP contribution is -2.11. The van der Waals surface area contributed by atoms with Crippen molar-refractivity contribution in [3.05, 3.63) is 45.3 Å². The highest BCUT2D eigenvalue weighted by Gasteiger charge is 2.21. The quantitative estimate of drug-likeness (QED) is 0.662. The van der Waals surface area contributed by atoms with E-state index in [9.17, 15) is 20.0 Å². The number of pyridine rings is 1. The molecule has 1 N–H and O–H groups in total. The van der Waals surface area contributed by atoms with Gasteiger partial charge in [-0.3, -0.25) is 0 Å². The molecule has 0 saturated carbocycles. The molecule has 8 nitrogen and oxygen atoms in total. The molecule has 8 heteroatoms. The zero-order chi connectivity index (χ0) is 14.2. The van der Waals surface area contributed by atoms with Crippen molar-refractivity contribution in [1.82, 2.24) is 14.8 Å². The van der Waals surface area contributed by atoms with Gasteiger partial charge in [-0.05, 0) is 30.4 Å². The van der Waals surface area contributed by atoms with Crippen molar-refractivity contribution >= 4 is 11.8 Å². The second-order valence-corrected chi connectivity index (χ2v) is 3.96. The first kappa shape index (κ1) is 12.7. The fourth-order valence-electron chi connectivity index (χ4n) is 1.78. The Morgan fingerprint density at radius 1 is 1.47 bits per heavy atom. The van der Waals surface area contributed by atoms with E-state index in [-0.39, 0.29) is 17.2 Å². The molecule has 2 aromatic rings. The van der Waals surface area contributed by atoms with Crippen LogP contribution in [0.2, 0.25) is 0 Å². The minimum absolute atomic E-state index is 0.0244. The number of aryl methyl sites for hydroxylation is 2. The number of carboxylic acid groups (broad SMARTS) is 1. The van der Waals surface area contributed by atoms with Crippen LogP contribution in [0.15, 0.2) is 18.3 Å². The lowest BCUT2D eigenvalue weighted by Gasteiger charge is -2.07. The minimum atomic E-state index is -1.15. The molecule has 0 aliphatic carbocycles. The fourth-order valence-corrected chi connectivity index (χ4v) is 1.78. The van der Waals surface area contributed by atoms with Crippen molar-refractivity contribution in [1.29, 1.82) is 0 Å². The molecule has 0 amide bonds.